The van der Waals surface area contributed by atoms with Crippen LogP contribution >= 0.6 is 0 Å². The standard InChI is InChI=1S/C13H14N2O3S/c1-2-10-4-3-5-11(8-10)18-13-7-6-12(9-15-13)19(14,16)17/h3-9H,2H2,1H3,(H2,14,16,17). The van der Waals surface area contributed by atoms with Gasteiger partial charge < -0.3 is 4.74 Å². The summed E-state index contributed by atoms with van der Waals surface area (Å²) in [5, 5.41) is 4.99. The quantitative estimate of drug-likeness (QED) is 0.928. The molecule has 0 amide bonds. The summed E-state index contributed by atoms with van der Waals surface area (Å²) >= 11 is 0. The number of hydrogen-bond donors (Lipinski definition) is 1. The van der Waals surface area contributed by atoms with Gasteiger partial charge in [-0.25, -0.2) is 18.5 Å². The molecule has 0 aliphatic heterocycles. The maximum absolute atomic E-state index is 11.1. The third-order valence-corrected chi connectivity index (χ3v) is 3.47. The number of nitrogens with two attached hydrogens (primary N) is 1. The first kappa shape index (κ1) is 13.5. The second kappa shape index (κ2) is 5.38. The van der Waals surface area contributed by atoms with Crippen LogP contribution in [0.4, 0.5) is 0 Å². The molecule has 2 N–H and O–H groups in total. The van der Waals surface area contributed by atoms with E-state index in [4.69, 9.17) is 9.88 Å². The van der Waals surface area contributed by atoms with Crippen molar-refractivity contribution >= 4 is 10.0 Å². The number of nitrogens with zero attached hydrogens (tertiary/aromatic N) is 1. The molecule has 1 aromatic heterocycles. The molecule has 0 unspecified atom stereocenters. The molecule has 0 saturated heterocycles. The summed E-state index contributed by atoms with van der Waals surface area (Å²) in [6, 6.07) is 10.5. The molecule has 0 atom stereocenters. The SMILES string of the molecule is CCc1cccc(Oc2ccc(S(N)(=O)=O)cn2)c1. The maximum atomic E-state index is 11.1. The fraction of sp³-hybridized carbons (Fsp3) is 0.154. The van der Waals surface area contributed by atoms with Crippen LogP contribution in [0.1, 0.15) is 12.5 Å². The highest BCUT2D eigenvalue weighted by Gasteiger charge is 2.08. The predicted octanol–water partition coefficient (Wildman–Crippen LogP) is 2.08. The zero-order chi connectivity index (χ0) is 13.9. The molecule has 2 aromatic rings. The van der Waals surface area contributed by atoms with Crippen molar-refractivity contribution in [2.45, 2.75) is 18.2 Å². The minimum absolute atomic E-state index is 0.0397. The summed E-state index contributed by atoms with van der Waals surface area (Å²) in [7, 11) is -3.72. The molecule has 6 heteroatoms. The normalized spacial score (nSPS) is 11.3. The Bertz CT molecular complexity index is 667. The van der Waals surface area contributed by atoms with Crippen LogP contribution in [0.3, 0.4) is 0 Å². The van der Waals surface area contributed by atoms with Crippen molar-refractivity contribution in [2.75, 3.05) is 0 Å². The highest BCUT2D eigenvalue weighted by Crippen LogP contribution is 2.21. The van der Waals surface area contributed by atoms with Gasteiger partial charge in [0.25, 0.3) is 0 Å². The average Bonchev–Trinajstić information content (AvgIpc) is 2.38. The predicted molar refractivity (Wildman–Crippen MR) is 71.5 cm³/mol. The topological polar surface area (TPSA) is 82.3 Å². The van der Waals surface area contributed by atoms with E-state index in [0.29, 0.717) is 11.6 Å². The van der Waals surface area contributed by atoms with Crippen LogP contribution in [-0.4, -0.2) is 13.4 Å². The Balaban J connectivity index is 2.19. The van der Waals surface area contributed by atoms with Crippen LogP contribution in [-0.2, 0) is 16.4 Å². The number of rotatable bonds is 4. The van der Waals surface area contributed by atoms with Crippen molar-refractivity contribution in [1.82, 2.24) is 4.98 Å². The third-order valence-electron chi connectivity index (χ3n) is 2.57. The van der Waals surface area contributed by atoms with Gasteiger partial charge in [0.05, 0.1) is 6.20 Å². The third kappa shape index (κ3) is 3.52. The molecular formula is C13H14N2O3S. The Morgan fingerprint density at radius 2 is 2.05 bits per heavy atom. The first-order valence-corrected chi connectivity index (χ1v) is 7.29. The Morgan fingerprint density at radius 3 is 2.63 bits per heavy atom. The molecule has 0 radical (unpaired) electrons. The molecule has 0 spiro atoms. The van der Waals surface area contributed by atoms with E-state index < -0.39 is 10.0 Å². The molecule has 1 aromatic carbocycles. The summed E-state index contributed by atoms with van der Waals surface area (Å²) in [4.78, 5) is 3.87. The molecule has 2 rings (SSSR count). The summed E-state index contributed by atoms with van der Waals surface area (Å²) in [6.45, 7) is 2.05. The van der Waals surface area contributed by atoms with E-state index in [2.05, 4.69) is 11.9 Å². The summed E-state index contributed by atoms with van der Waals surface area (Å²) in [5.41, 5.74) is 1.15. The van der Waals surface area contributed by atoms with Crippen molar-refractivity contribution in [1.29, 1.82) is 0 Å². The fourth-order valence-electron chi connectivity index (χ4n) is 1.55. The number of ether oxygens (including phenoxy) is 1. The molecule has 0 aliphatic rings. The van der Waals surface area contributed by atoms with Crippen LogP contribution in [0.25, 0.3) is 0 Å². The van der Waals surface area contributed by atoms with Crippen LogP contribution < -0.4 is 9.88 Å². The van der Waals surface area contributed by atoms with Gasteiger partial charge in [-0.3, -0.25) is 0 Å². The highest BCUT2D eigenvalue weighted by molar-refractivity contribution is 7.89. The molecular weight excluding hydrogens is 264 g/mol. The Hall–Kier alpha value is -1.92. The van der Waals surface area contributed by atoms with Gasteiger partial charge in [0.15, 0.2) is 0 Å². The van der Waals surface area contributed by atoms with Gasteiger partial charge in [-0.05, 0) is 30.2 Å². The monoisotopic (exact) mass is 278 g/mol. The summed E-state index contributed by atoms with van der Waals surface area (Å²) in [6.07, 6.45) is 2.09. The van der Waals surface area contributed by atoms with Gasteiger partial charge in [-0.1, -0.05) is 19.1 Å². The number of primary sulfonamides is 1. The lowest BCUT2D eigenvalue weighted by molar-refractivity contribution is 0.461. The van der Waals surface area contributed by atoms with Crippen LogP contribution in [0.15, 0.2) is 47.5 Å². The molecule has 19 heavy (non-hydrogen) atoms. The lowest BCUT2D eigenvalue weighted by atomic mass is 10.2. The zero-order valence-electron chi connectivity index (χ0n) is 10.4. The highest BCUT2D eigenvalue weighted by atomic mass is 32.2. The van der Waals surface area contributed by atoms with Gasteiger partial charge in [-0.2, -0.15) is 0 Å². The zero-order valence-corrected chi connectivity index (χ0v) is 11.2. The second-order valence-corrected chi connectivity index (χ2v) is 5.54. The lowest BCUT2D eigenvalue weighted by Gasteiger charge is -2.06. The van der Waals surface area contributed by atoms with Gasteiger partial charge in [0.1, 0.15) is 10.6 Å². The molecule has 0 aliphatic carbocycles. The van der Waals surface area contributed by atoms with E-state index in [1.807, 2.05) is 24.3 Å². The van der Waals surface area contributed by atoms with Gasteiger partial charge >= 0.3 is 0 Å². The molecule has 100 valence electrons. The number of hydrogen-bond acceptors (Lipinski definition) is 4. The molecule has 0 bridgehead atoms. The molecule has 0 fully saturated rings. The molecule has 1 heterocycles. The van der Waals surface area contributed by atoms with Crippen molar-refractivity contribution < 1.29 is 13.2 Å². The number of aryl methyl sites for hydroxylation is 1. The van der Waals surface area contributed by atoms with Crippen LogP contribution in [0.5, 0.6) is 11.6 Å². The smallest absolute Gasteiger partial charge is 0.239 e. The van der Waals surface area contributed by atoms with Gasteiger partial charge in [0.2, 0.25) is 15.9 Å². The van der Waals surface area contributed by atoms with E-state index >= 15 is 0 Å². The first-order chi connectivity index (χ1) is 8.99. The van der Waals surface area contributed by atoms with Crippen LogP contribution in [0.2, 0.25) is 0 Å². The van der Waals surface area contributed by atoms with Crippen molar-refractivity contribution in [3.63, 3.8) is 0 Å². The maximum Gasteiger partial charge on any atom is 0.239 e. The van der Waals surface area contributed by atoms with Crippen molar-refractivity contribution in [3.05, 3.63) is 48.2 Å². The number of aromatic nitrogens is 1. The van der Waals surface area contributed by atoms with E-state index in [1.165, 1.54) is 18.3 Å². The van der Waals surface area contributed by atoms with E-state index in [0.717, 1.165) is 12.0 Å². The average molecular weight is 278 g/mol. The lowest BCUT2D eigenvalue weighted by Crippen LogP contribution is -2.12. The first-order valence-electron chi connectivity index (χ1n) is 5.74. The van der Waals surface area contributed by atoms with Gasteiger partial charge in [0, 0.05) is 6.07 Å². The summed E-state index contributed by atoms with van der Waals surface area (Å²) in [5.74, 6) is 0.982. The summed E-state index contributed by atoms with van der Waals surface area (Å²) < 4.78 is 27.7. The molecule has 5 nitrogen and oxygen atoms in total. The largest absolute Gasteiger partial charge is 0.439 e. The van der Waals surface area contributed by atoms with Crippen molar-refractivity contribution in [3.8, 4) is 11.6 Å². The Morgan fingerprint density at radius 1 is 1.26 bits per heavy atom. The number of benzene rings is 1. The van der Waals surface area contributed by atoms with Crippen LogP contribution in [0, 0.1) is 0 Å². The Labute approximate surface area is 112 Å². The number of sulfonamides is 1. The fourth-order valence-corrected chi connectivity index (χ4v) is 2.00. The Kier molecular flexibility index (Phi) is 3.82. The van der Waals surface area contributed by atoms with E-state index in [-0.39, 0.29) is 4.90 Å². The molecule has 0 saturated carbocycles. The second-order valence-electron chi connectivity index (χ2n) is 3.98. The minimum Gasteiger partial charge on any atom is -0.439 e. The van der Waals surface area contributed by atoms with E-state index in [1.54, 1.807) is 0 Å². The minimum atomic E-state index is -3.72. The van der Waals surface area contributed by atoms with E-state index in [9.17, 15) is 8.42 Å². The van der Waals surface area contributed by atoms with Crippen molar-refractivity contribution in [2.24, 2.45) is 5.14 Å². The van der Waals surface area contributed by atoms with Gasteiger partial charge in [-0.15, -0.1) is 0 Å². The number of pyridine rings is 1.